The molecule has 0 rings (SSSR count). The average Bonchev–Trinajstić information content (AvgIpc) is 2.14. The fraction of sp³-hybridized carbons (Fsp3) is 0.250. The maximum atomic E-state index is 10.6. The van der Waals surface area contributed by atoms with Crippen LogP contribution in [0.15, 0.2) is 24.3 Å². The number of carbonyl (C=O) groups excluding carboxylic acids is 2. The second-order valence-corrected chi connectivity index (χ2v) is 2.10. The molecule has 0 bridgehead atoms. The average molecular weight is 244 g/mol. The van der Waals surface area contributed by atoms with E-state index >= 15 is 0 Å². The van der Waals surface area contributed by atoms with E-state index in [1.807, 2.05) is 0 Å². The molecule has 17 heavy (non-hydrogen) atoms. The van der Waals surface area contributed by atoms with Crippen LogP contribution in [0.1, 0.15) is 6.92 Å². The van der Waals surface area contributed by atoms with Crippen molar-refractivity contribution in [2.45, 2.75) is 6.92 Å². The topological polar surface area (TPSA) is 66.4 Å². The standard InChI is InChI=1S/C8H10O4.BF3.Li/c1-2-3-6-12-8(11)5-4-7(9)10;2-1(3)4;/h2-5H,6H2,1H3,(H,9,10);;/q;;+1/p-1/b3-2?,5-4-;;. The van der Waals surface area contributed by atoms with Crippen LogP contribution in [0.3, 0.4) is 0 Å². The molecule has 0 N–H and O–H groups in total. The second kappa shape index (κ2) is 14.9. The van der Waals surface area contributed by atoms with Crippen molar-refractivity contribution in [3.05, 3.63) is 24.3 Å². The van der Waals surface area contributed by atoms with Crippen molar-refractivity contribution in [2.75, 3.05) is 6.61 Å². The molecule has 0 spiro atoms. The van der Waals surface area contributed by atoms with Crippen LogP contribution in [0.5, 0.6) is 0 Å². The minimum Gasteiger partial charge on any atom is -0.545 e. The van der Waals surface area contributed by atoms with Crippen molar-refractivity contribution >= 4 is 19.5 Å². The van der Waals surface area contributed by atoms with E-state index in [0.29, 0.717) is 6.08 Å². The molecule has 0 radical (unpaired) electrons. The summed E-state index contributed by atoms with van der Waals surface area (Å²) in [7, 11) is -3.67. The van der Waals surface area contributed by atoms with Gasteiger partial charge in [0.1, 0.15) is 6.61 Å². The van der Waals surface area contributed by atoms with Gasteiger partial charge in [-0.2, -0.15) is 0 Å². The van der Waals surface area contributed by atoms with Gasteiger partial charge in [-0.25, -0.2) is 4.79 Å². The van der Waals surface area contributed by atoms with Gasteiger partial charge in [-0.1, -0.05) is 12.2 Å². The van der Waals surface area contributed by atoms with Gasteiger partial charge in [0.15, 0.2) is 0 Å². The Labute approximate surface area is 109 Å². The van der Waals surface area contributed by atoms with Gasteiger partial charge in [0, 0.05) is 6.08 Å². The molecule has 0 aliphatic carbocycles. The molecule has 0 heterocycles. The number of hydrogen-bond donors (Lipinski definition) is 0. The molecule has 0 aliphatic heterocycles. The third-order valence-corrected chi connectivity index (χ3v) is 0.913. The van der Waals surface area contributed by atoms with Gasteiger partial charge in [0.2, 0.25) is 0 Å². The summed E-state index contributed by atoms with van der Waals surface area (Å²) in [5.74, 6) is -2.12. The monoisotopic (exact) mass is 244 g/mol. The fourth-order valence-corrected chi connectivity index (χ4v) is 0.411. The number of aliphatic carboxylic acids is 1. The molecular weight excluding hydrogens is 235 g/mol. The molecule has 0 fully saturated rings. The number of rotatable bonds is 4. The number of esters is 1. The molecular formula is C8H9BF3LiO4. The fourth-order valence-electron chi connectivity index (χ4n) is 0.411. The van der Waals surface area contributed by atoms with Crippen LogP contribution in [0.2, 0.25) is 0 Å². The first-order chi connectivity index (χ1) is 7.40. The van der Waals surface area contributed by atoms with Crippen LogP contribution >= 0.6 is 0 Å². The summed E-state index contributed by atoms with van der Waals surface area (Å²) in [5, 5.41) is 9.81. The Morgan fingerprint density at radius 3 is 2.12 bits per heavy atom. The van der Waals surface area contributed by atoms with Crippen LogP contribution in [0, 0.1) is 0 Å². The number of carboxylic acid groups (broad SMARTS) is 1. The predicted molar refractivity (Wildman–Crippen MR) is 49.0 cm³/mol. The molecule has 0 aliphatic rings. The molecule has 0 saturated carbocycles. The van der Waals surface area contributed by atoms with E-state index in [0.717, 1.165) is 6.08 Å². The number of halogens is 3. The molecule has 0 unspecified atom stereocenters. The van der Waals surface area contributed by atoms with Crippen molar-refractivity contribution in [1.29, 1.82) is 0 Å². The Bertz CT molecular complexity index is 269. The van der Waals surface area contributed by atoms with Crippen LogP contribution in [-0.4, -0.2) is 26.1 Å². The molecule has 9 heteroatoms. The van der Waals surface area contributed by atoms with E-state index in [9.17, 15) is 27.6 Å². The molecule has 90 valence electrons. The van der Waals surface area contributed by atoms with Crippen molar-refractivity contribution in [1.82, 2.24) is 0 Å². The largest absolute Gasteiger partial charge is 1.00 e. The maximum Gasteiger partial charge on any atom is 1.00 e. The van der Waals surface area contributed by atoms with Gasteiger partial charge in [-0.15, -0.1) is 0 Å². The summed E-state index contributed by atoms with van der Waals surface area (Å²) >= 11 is 0. The van der Waals surface area contributed by atoms with Crippen molar-refractivity contribution in [3.8, 4) is 0 Å². The molecule has 0 aromatic carbocycles. The zero-order chi connectivity index (χ0) is 13.0. The van der Waals surface area contributed by atoms with Crippen molar-refractivity contribution < 1.29 is 51.2 Å². The Morgan fingerprint density at radius 1 is 1.29 bits per heavy atom. The van der Waals surface area contributed by atoms with E-state index in [4.69, 9.17) is 0 Å². The summed E-state index contributed by atoms with van der Waals surface area (Å²) in [6.07, 6.45) is 4.78. The van der Waals surface area contributed by atoms with Gasteiger partial charge in [0.05, 0.1) is 5.97 Å². The first-order valence-electron chi connectivity index (χ1n) is 3.99. The third kappa shape index (κ3) is 31.3. The molecule has 0 amide bonds. The normalized spacial score (nSPS) is 9.18. The Balaban J connectivity index is -0.000000340. The zero-order valence-corrected chi connectivity index (χ0v) is 9.36. The quantitative estimate of drug-likeness (QED) is 0.233. The van der Waals surface area contributed by atoms with Crippen LogP contribution in [0.25, 0.3) is 0 Å². The molecule has 0 saturated heterocycles. The summed E-state index contributed by atoms with van der Waals surface area (Å²) < 4.78 is 33.5. The van der Waals surface area contributed by atoms with Gasteiger partial charge >= 0.3 is 32.4 Å². The number of allylic oxidation sites excluding steroid dienone is 1. The first-order valence-corrected chi connectivity index (χ1v) is 3.99. The van der Waals surface area contributed by atoms with Crippen molar-refractivity contribution in [3.63, 3.8) is 0 Å². The van der Waals surface area contributed by atoms with Crippen LogP contribution < -0.4 is 24.0 Å². The van der Waals surface area contributed by atoms with Gasteiger partial charge in [0.25, 0.3) is 0 Å². The number of ether oxygens (including phenoxy) is 1. The van der Waals surface area contributed by atoms with Crippen LogP contribution in [-0.2, 0) is 14.3 Å². The Morgan fingerprint density at radius 2 is 1.76 bits per heavy atom. The maximum absolute atomic E-state index is 10.6. The zero-order valence-electron chi connectivity index (χ0n) is 9.36. The van der Waals surface area contributed by atoms with Crippen molar-refractivity contribution in [2.24, 2.45) is 0 Å². The van der Waals surface area contributed by atoms with E-state index in [2.05, 4.69) is 4.74 Å². The van der Waals surface area contributed by atoms with E-state index in [1.165, 1.54) is 0 Å². The number of carboxylic acids is 1. The molecule has 0 atom stereocenters. The molecule has 0 aromatic rings. The van der Waals surface area contributed by atoms with E-state index < -0.39 is 19.5 Å². The Hall–Kier alpha value is -1.13. The van der Waals surface area contributed by atoms with Crippen LogP contribution in [0.4, 0.5) is 12.9 Å². The number of carbonyl (C=O) groups is 2. The second-order valence-electron chi connectivity index (χ2n) is 2.10. The summed E-state index contributed by atoms with van der Waals surface area (Å²) in [5.41, 5.74) is 0. The summed E-state index contributed by atoms with van der Waals surface area (Å²) in [6, 6.07) is 0. The predicted octanol–water partition coefficient (Wildman–Crippen LogP) is -2.70. The van der Waals surface area contributed by atoms with E-state index in [-0.39, 0.29) is 25.5 Å². The smallest absolute Gasteiger partial charge is 0.545 e. The summed E-state index contributed by atoms with van der Waals surface area (Å²) in [4.78, 5) is 20.4. The number of hydrogen-bond acceptors (Lipinski definition) is 4. The summed E-state index contributed by atoms with van der Waals surface area (Å²) in [6.45, 7) is 1.93. The Kier molecular flexibility index (Phi) is 18.5. The SMILES string of the molecule is CC=CCOC(=O)/C=C\C(=O)[O-].FB(F)F.[Li+]. The van der Waals surface area contributed by atoms with Gasteiger partial charge < -0.3 is 14.6 Å². The van der Waals surface area contributed by atoms with Gasteiger partial charge in [-0.3, -0.25) is 12.9 Å². The van der Waals surface area contributed by atoms with Gasteiger partial charge in [-0.05, 0) is 13.0 Å². The minimum atomic E-state index is -3.67. The molecule has 0 aromatic heterocycles. The molecule has 4 nitrogen and oxygen atoms in total. The van der Waals surface area contributed by atoms with E-state index in [1.54, 1.807) is 19.1 Å². The first kappa shape index (κ1) is 21.2. The third-order valence-electron chi connectivity index (χ3n) is 0.913. The minimum absolute atomic E-state index is 0.